The zero-order chi connectivity index (χ0) is 14.6. The molecule has 3 aromatic heterocycles. The second kappa shape index (κ2) is 3.80. The molecule has 0 radical (unpaired) electrons. The van der Waals surface area contributed by atoms with Gasteiger partial charge in [0.15, 0.2) is 11.6 Å². The summed E-state index contributed by atoms with van der Waals surface area (Å²) in [7, 11) is 0. The molecule has 0 aliphatic heterocycles. The minimum Gasteiger partial charge on any atom is -0.293 e. The molecule has 8 heteroatoms. The highest BCUT2D eigenvalue weighted by Gasteiger charge is 2.21. The number of hydrogen-bond donors (Lipinski definition) is 0. The van der Waals surface area contributed by atoms with Crippen molar-refractivity contribution in [3.05, 3.63) is 44.8 Å². The van der Waals surface area contributed by atoms with Gasteiger partial charge in [-0.1, -0.05) is 0 Å². The summed E-state index contributed by atoms with van der Waals surface area (Å²) in [5.41, 5.74) is -1.59. The fourth-order valence-corrected chi connectivity index (χ4v) is 2.16. The molecule has 8 nitrogen and oxygen atoms in total. The van der Waals surface area contributed by atoms with Crippen LogP contribution >= 0.6 is 0 Å². The molecule has 0 spiro atoms. The van der Waals surface area contributed by atoms with E-state index in [4.69, 9.17) is 0 Å². The molecule has 3 heterocycles. The number of hydrogen-bond acceptors (Lipinski definition) is 6. The molecule has 3 rings (SSSR count). The number of carbonyl (C=O) groups is 2. The van der Waals surface area contributed by atoms with E-state index >= 15 is 0 Å². The van der Waals surface area contributed by atoms with Gasteiger partial charge >= 0.3 is 0 Å². The predicted molar refractivity (Wildman–Crippen MR) is 67.7 cm³/mol. The average molecular weight is 272 g/mol. The summed E-state index contributed by atoms with van der Waals surface area (Å²) in [6.45, 7) is 2.51. The van der Waals surface area contributed by atoms with E-state index in [1.807, 2.05) is 0 Å². The van der Waals surface area contributed by atoms with Crippen LogP contribution in [-0.2, 0) is 0 Å². The molecule has 0 unspecified atom stereocenters. The van der Waals surface area contributed by atoms with Gasteiger partial charge in [0.25, 0.3) is 11.1 Å². The van der Waals surface area contributed by atoms with Crippen molar-refractivity contribution in [2.75, 3.05) is 0 Å². The number of ketones is 2. The van der Waals surface area contributed by atoms with Crippen LogP contribution in [0.5, 0.6) is 0 Å². The smallest absolute Gasteiger partial charge is 0.283 e. The molecule has 0 aromatic carbocycles. The normalized spacial score (nSPS) is 11.3. The molecule has 0 bridgehead atoms. The van der Waals surface area contributed by atoms with Crippen LogP contribution in [0.3, 0.4) is 0 Å². The summed E-state index contributed by atoms with van der Waals surface area (Å²) >= 11 is 0. The fraction of sp³-hybridized carbons (Fsp3) is 0.167. The largest absolute Gasteiger partial charge is 0.293 e. The first kappa shape index (κ1) is 12.2. The monoisotopic (exact) mass is 272 g/mol. The Labute approximate surface area is 110 Å². The van der Waals surface area contributed by atoms with Crippen molar-refractivity contribution in [3.63, 3.8) is 0 Å². The first-order chi connectivity index (χ1) is 9.43. The van der Waals surface area contributed by atoms with Gasteiger partial charge in [0.2, 0.25) is 0 Å². The maximum Gasteiger partial charge on any atom is 0.283 e. The standard InChI is InChI=1S/C12H8N4O4/c1-5(17)7-9-11(19)16-4-14-8(6(2)18)10(16)12(20)15(9)3-13-7/h3-4H,1-2H3. The molecular weight excluding hydrogens is 264 g/mol. The molecule has 0 atom stereocenters. The highest BCUT2D eigenvalue weighted by molar-refractivity contribution is 6.00. The number of aromatic nitrogens is 4. The van der Waals surface area contributed by atoms with Crippen molar-refractivity contribution in [1.29, 1.82) is 0 Å². The van der Waals surface area contributed by atoms with Gasteiger partial charge < -0.3 is 0 Å². The van der Waals surface area contributed by atoms with E-state index in [9.17, 15) is 19.2 Å². The van der Waals surface area contributed by atoms with Crippen molar-refractivity contribution in [3.8, 4) is 0 Å². The summed E-state index contributed by atoms with van der Waals surface area (Å²) in [6, 6.07) is 0. The van der Waals surface area contributed by atoms with Gasteiger partial charge in [-0.3, -0.25) is 28.0 Å². The van der Waals surface area contributed by atoms with Crippen LogP contribution in [0.4, 0.5) is 0 Å². The lowest BCUT2D eigenvalue weighted by Crippen LogP contribution is -2.26. The lowest BCUT2D eigenvalue weighted by atomic mass is 10.2. The van der Waals surface area contributed by atoms with Crippen LogP contribution in [-0.4, -0.2) is 30.3 Å². The van der Waals surface area contributed by atoms with E-state index < -0.39 is 22.7 Å². The van der Waals surface area contributed by atoms with Gasteiger partial charge in [0.05, 0.1) is 0 Å². The van der Waals surface area contributed by atoms with Gasteiger partial charge in [-0.05, 0) is 0 Å². The first-order valence-electron chi connectivity index (χ1n) is 5.69. The number of Topliss-reactive ketones (excluding diaryl/α,β-unsaturated/α-hetero) is 2. The summed E-state index contributed by atoms with van der Waals surface area (Å²) < 4.78 is 1.95. The molecule has 0 aliphatic rings. The van der Waals surface area contributed by atoms with Crippen LogP contribution in [0.25, 0.3) is 11.0 Å². The van der Waals surface area contributed by atoms with Gasteiger partial charge in [-0.2, -0.15) is 0 Å². The van der Waals surface area contributed by atoms with Crippen molar-refractivity contribution < 1.29 is 9.59 Å². The highest BCUT2D eigenvalue weighted by atomic mass is 16.2. The molecule has 0 saturated heterocycles. The zero-order valence-electron chi connectivity index (χ0n) is 10.6. The summed E-state index contributed by atoms with van der Waals surface area (Å²) in [6.07, 6.45) is 2.21. The Morgan fingerprint density at radius 2 is 1.20 bits per heavy atom. The second-order valence-electron chi connectivity index (χ2n) is 4.35. The molecular formula is C12H8N4O4. The number of rotatable bonds is 2. The summed E-state index contributed by atoms with van der Waals surface area (Å²) in [5.74, 6) is -0.842. The summed E-state index contributed by atoms with van der Waals surface area (Å²) in [4.78, 5) is 55.1. The molecule has 100 valence electrons. The van der Waals surface area contributed by atoms with Gasteiger partial charge in [0.1, 0.15) is 35.1 Å². The average Bonchev–Trinajstić information content (AvgIpc) is 3.00. The van der Waals surface area contributed by atoms with E-state index in [2.05, 4.69) is 9.97 Å². The predicted octanol–water partition coefficient (Wildman–Crippen LogP) is -0.455. The molecule has 0 fully saturated rings. The van der Waals surface area contributed by atoms with Gasteiger partial charge in [0, 0.05) is 13.8 Å². The minimum absolute atomic E-state index is 0.0768. The highest BCUT2D eigenvalue weighted by Crippen LogP contribution is 2.08. The van der Waals surface area contributed by atoms with E-state index in [1.165, 1.54) is 13.8 Å². The molecule has 0 amide bonds. The summed E-state index contributed by atoms with van der Waals surface area (Å²) in [5, 5.41) is 0. The van der Waals surface area contributed by atoms with E-state index in [1.54, 1.807) is 0 Å². The van der Waals surface area contributed by atoms with Crippen molar-refractivity contribution in [1.82, 2.24) is 18.8 Å². The Kier molecular flexibility index (Phi) is 2.31. The minimum atomic E-state index is -0.609. The molecule has 20 heavy (non-hydrogen) atoms. The Hall–Kier alpha value is -2.90. The van der Waals surface area contributed by atoms with Crippen LogP contribution in [0.1, 0.15) is 34.8 Å². The van der Waals surface area contributed by atoms with Crippen LogP contribution < -0.4 is 11.1 Å². The van der Waals surface area contributed by atoms with E-state index in [0.717, 1.165) is 21.5 Å². The number of fused-ring (bicyclic) bond motifs is 2. The van der Waals surface area contributed by atoms with Crippen LogP contribution in [0, 0.1) is 0 Å². The maximum atomic E-state index is 12.3. The number of imidazole rings is 2. The molecule has 0 N–H and O–H groups in total. The Balaban J connectivity index is 2.65. The van der Waals surface area contributed by atoms with Crippen molar-refractivity contribution in [2.24, 2.45) is 0 Å². The van der Waals surface area contributed by atoms with Gasteiger partial charge in [-0.25, -0.2) is 9.97 Å². The van der Waals surface area contributed by atoms with Crippen molar-refractivity contribution in [2.45, 2.75) is 13.8 Å². The molecule has 0 aliphatic carbocycles. The number of carbonyl (C=O) groups excluding carboxylic acids is 2. The third kappa shape index (κ3) is 1.35. The van der Waals surface area contributed by atoms with Crippen LogP contribution in [0.2, 0.25) is 0 Å². The number of nitrogens with zero attached hydrogens (tertiary/aromatic N) is 4. The van der Waals surface area contributed by atoms with E-state index in [0.29, 0.717) is 0 Å². The zero-order valence-corrected chi connectivity index (χ0v) is 10.6. The van der Waals surface area contributed by atoms with Gasteiger partial charge in [-0.15, -0.1) is 0 Å². The topological polar surface area (TPSA) is 103 Å². The Bertz CT molecular complexity index is 916. The quantitative estimate of drug-likeness (QED) is 0.585. The lowest BCUT2D eigenvalue weighted by Gasteiger charge is -1.97. The molecule has 3 aromatic rings. The lowest BCUT2D eigenvalue weighted by molar-refractivity contribution is 0.100. The Morgan fingerprint density at radius 1 is 0.850 bits per heavy atom. The third-order valence-electron chi connectivity index (χ3n) is 3.04. The SMILES string of the molecule is CC(=O)c1ncn2c(=O)c3c(C(C)=O)ncn3c(=O)c12. The fourth-order valence-electron chi connectivity index (χ4n) is 2.16. The van der Waals surface area contributed by atoms with E-state index in [-0.39, 0.29) is 22.4 Å². The van der Waals surface area contributed by atoms with Crippen molar-refractivity contribution >= 4 is 22.6 Å². The van der Waals surface area contributed by atoms with Crippen LogP contribution in [0.15, 0.2) is 22.2 Å². The third-order valence-corrected chi connectivity index (χ3v) is 3.04. The Morgan fingerprint density at radius 3 is 1.50 bits per heavy atom. The first-order valence-corrected chi connectivity index (χ1v) is 5.69. The molecule has 0 saturated carbocycles. The second-order valence-corrected chi connectivity index (χ2v) is 4.35. The maximum absolute atomic E-state index is 12.3.